The molecule has 0 aromatic heterocycles. The van der Waals surface area contributed by atoms with E-state index in [1.54, 1.807) is 24.3 Å². The summed E-state index contributed by atoms with van der Waals surface area (Å²) < 4.78 is 0.884. The van der Waals surface area contributed by atoms with Crippen LogP contribution in [0, 0.1) is 13.8 Å². The van der Waals surface area contributed by atoms with Crippen LogP contribution in [0.3, 0.4) is 0 Å². The van der Waals surface area contributed by atoms with Crippen LogP contribution in [0.25, 0.3) is 0 Å². The Morgan fingerprint density at radius 3 is 2.55 bits per heavy atom. The Labute approximate surface area is 148 Å². The molecule has 1 amide bonds. The van der Waals surface area contributed by atoms with Crippen LogP contribution in [0.4, 0.5) is 5.69 Å². The fourth-order valence-electron chi connectivity index (χ4n) is 1.84. The third-order valence-corrected chi connectivity index (χ3v) is 4.24. The minimum absolute atomic E-state index is 0.230. The van der Waals surface area contributed by atoms with Crippen molar-refractivity contribution in [2.45, 2.75) is 13.8 Å². The highest BCUT2D eigenvalue weighted by molar-refractivity contribution is 9.10. The molecular weight excluding hydrogens is 384 g/mol. The molecule has 114 valence electrons. The zero-order valence-corrected chi connectivity index (χ0v) is 15.2. The maximum atomic E-state index is 12.1. The van der Waals surface area contributed by atoms with E-state index in [-0.39, 0.29) is 11.0 Å². The lowest BCUT2D eigenvalue weighted by Crippen LogP contribution is -2.34. The second-order valence-corrected chi connectivity index (χ2v) is 6.53. The summed E-state index contributed by atoms with van der Waals surface area (Å²) in [5.41, 5.74) is 3.57. The van der Waals surface area contributed by atoms with Crippen molar-refractivity contribution in [3.63, 3.8) is 0 Å². The quantitative estimate of drug-likeness (QED) is 0.712. The second-order valence-electron chi connectivity index (χ2n) is 4.83. The molecule has 0 saturated carbocycles. The molecule has 0 aliphatic heterocycles. The molecule has 2 rings (SSSR count). The Morgan fingerprint density at radius 1 is 1.18 bits per heavy atom. The van der Waals surface area contributed by atoms with Crippen molar-refractivity contribution in [3.05, 3.63) is 62.6 Å². The molecule has 3 nitrogen and oxygen atoms in total. The summed E-state index contributed by atoms with van der Waals surface area (Å²) >= 11 is 14.5. The summed E-state index contributed by atoms with van der Waals surface area (Å²) in [6, 6.07) is 10.7. The average Bonchev–Trinajstić information content (AvgIpc) is 2.44. The van der Waals surface area contributed by atoms with Crippen LogP contribution in [0.15, 0.2) is 40.9 Å². The largest absolute Gasteiger partial charge is 0.331 e. The van der Waals surface area contributed by atoms with Gasteiger partial charge in [0.05, 0.1) is 5.69 Å². The highest BCUT2D eigenvalue weighted by Gasteiger charge is 2.10. The molecule has 0 saturated heterocycles. The van der Waals surface area contributed by atoms with Gasteiger partial charge in [-0.05, 0) is 83.5 Å². The lowest BCUT2D eigenvalue weighted by Gasteiger charge is -2.13. The van der Waals surface area contributed by atoms with Crippen LogP contribution in [0.1, 0.15) is 21.5 Å². The first-order valence-corrected chi connectivity index (χ1v) is 8.09. The van der Waals surface area contributed by atoms with Gasteiger partial charge >= 0.3 is 0 Å². The molecular formula is C16H14BrClN2OS. The van der Waals surface area contributed by atoms with Crippen molar-refractivity contribution in [2.24, 2.45) is 0 Å². The van der Waals surface area contributed by atoms with E-state index in [1.165, 1.54) is 5.56 Å². The zero-order valence-electron chi connectivity index (χ0n) is 12.0. The fraction of sp³-hybridized carbons (Fsp3) is 0.125. The van der Waals surface area contributed by atoms with Crippen molar-refractivity contribution in [1.82, 2.24) is 5.32 Å². The Bertz CT molecular complexity index is 749. The molecule has 0 aliphatic rings. The molecule has 0 radical (unpaired) electrons. The molecule has 0 atom stereocenters. The van der Waals surface area contributed by atoms with Crippen LogP contribution in [0.2, 0.25) is 5.02 Å². The van der Waals surface area contributed by atoms with Gasteiger partial charge in [0.25, 0.3) is 5.91 Å². The number of amides is 1. The molecule has 0 unspecified atom stereocenters. The van der Waals surface area contributed by atoms with Gasteiger partial charge in [-0.1, -0.05) is 17.7 Å². The van der Waals surface area contributed by atoms with Crippen molar-refractivity contribution in [3.8, 4) is 0 Å². The van der Waals surface area contributed by atoms with Crippen LogP contribution in [-0.4, -0.2) is 11.0 Å². The van der Waals surface area contributed by atoms with Crippen LogP contribution in [-0.2, 0) is 0 Å². The van der Waals surface area contributed by atoms with Crippen molar-refractivity contribution in [1.29, 1.82) is 0 Å². The minimum atomic E-state index is -0.306. The first kappa shape index (κ1) is 16.9. The van der Waals surface area contributed by atoms with Gasteiger partial charge in [0, 0.05) is 15.1 Å². The van der Waals surface area contributed by atoms with Gasteiger partial charge in [-0.2, -0.15) is 0 Å². The number of anilines is 1. The third-order valence-electron chi connectivity index (χ3n) is 3.15. The summed E-state index contributed by atoms with van der Waals surface area (Å²) in [7, 11) is 0. The molecule has 2 N–H and O–H groups in total. The maximum absolute atomic E-state index is 12.1. The van der Waals surface area contributed by atoms with Crippen LogP contribution in [0.5, 0.6) is 0 Å². The van der Waals surface area contributed by atoms with Gasteiger partial charge in [-0.3, -0.25) is 10.1 Å². The van der Waals surface area contributed by atoms with E-state index in [0.29, 0.717) is 10.6 Å². The average molecular weight is 398 g/mol. The first-order valence-electron chi connectivity index (χ1n) is 6.51. The van der Waals surface area contributed by atoms with Crippen LogP contribution >= 0.6 is 39.7 Å². The Morgan fingerprint density at radius 2 is 1.86 bits per heavy atom. The SMILES string of the molecule is Cc1cc(Br)c(NC(=S)NC(=O)c2cccc(Cl)c2)cc1C. The first-order chi connectivity index (χ1) is 10.4. The summed E-state index contributed by atoms with van der Waals surface area (Å²) in [6.07, 6.45) is 0. The van der Waals surface area contributed by atoms with E-state index < -0.39 is 0 Å². The zero-order chi connectivity index (χ0) is 16.3. The molecule has 0 aliphatic carbocycles. The Balaban J connectivity index is 2.07. The molecule has 22 heavy (non-hydrogen) atoms. The molecule has 6 heteroatoms. The highest BCUT2D eigenvalue weighted by atomic mass is 79.9. The summed E-state index contributed by atoms with van der Waals surface area (Å²) in [5, 5.41) is 6.38. The van der Waals surface area contributed by atoms with Crippen molar-refractivity contribution < 1.29 is 4.79 Å². The topological polar surface area (TPSA) is 41.1 Å². The van der Waals surface area contributed by atoms with Gasteiger partial charge in [-0.25, -0.2) is 0 Å². The normalized spacial score (nSPS) is 10.2. The number of hydrogen-bond acceptors (Lipinski definition) is 2. The number of thiocarbonyl (C=S) groups is 1. The standard InChI is InChI=1S/C16H14BrClN2OS/c1-9-6-13(17)14(7-10(9)2)19-16(22)20-15(21)11-4-3-5-12(18)8-11/h3-8H,1-2H3,(H2,19,20,21,22). The highest BCUT2D eigenvalue weighted by Crippen LogP contribution is 2.26. The van der Waals surface area contributed by atoms with Gasteiger partial charge < -0.3 is 5.32 Å². The van der Waals surface area contributed by atoms with E-state index in [2.05, 4.69) is 26.6 Å². The number of halogens is 2. The van der Waals surface area contributed by atoms with E-state index in [4.69, 9.17) is 23.8 Å². The lowest BCUT2D eigenvalue weighted by molar-refractivity contribution is 0.0977. The second kappa shape index (κ2) is 7.22. The monoisotopic (exact) mass is 396 g/mol. The van der Waals surface area contributed by atoms with E-state index in [0.717, 1.165) is 15.7 Å². The van der Waals surface area contributed by atoms with Crippen molar-refractivity contribution >= 4 is 56.5 Å². The smallest absolute Gasteiger partial charge is 0.257 e. The molecule has 0 fully saturated rings. The number of carbonyl (C=O) groups is 1. The lowest BCUT2D eigenvalue weighted by atomic mass is 10.1. The third kappa shape index (κ3) is 4.29. The predicted octanol–water partition coefficient (Wildman–Crippen LogP) is 4.85. The summed E-state index contributed by atoms with van der Waals surface area (Å²) in [6.45, 7) is 4.05. The van der Waals surface area contributed by atoms with E-state index >= 15 is 0 Å². The Hall–Kier alpha value is -1.43. The minimum Gasteiger partial charge on any atom is -0.331 e. The van der Waals surface area contributed by atoms with E-state index in [1.807, 2.05) is 26.0 Å². The Kier molecular flexibility index (Phi) is 5.56. The summed E-state index contributed by atoms with van der Waals surface area (Å²) in [4.78, 5) is 12.1. The van der Waals surface area contributed by atoms with Gasteiger partial charge in [-0.15, -0.1) is 0 Å². The van der Waals surface area contributed by atoms with E-state index in [9.17, 15) is 4.79 Å². The van der Waals surface area contributed by atoms with Gasteiger partial charge in [0.2, 0.25) is 0 Å². The molecule has 0 bridgehead atoms. The maximum Gasteiger partial charge on any atom is 0.257 e. The number of aryl methyl sites for hydroxylation is 2. The molecule has 2 aromatic rings. The summed E-state index contributed by atoms with van der Waals surface area (Å²) in [5.74, 6) is -0.306. The molecule has 2 aromatic carbocycles. The number of benzene rings is 2. The van der Waals surface area contributed by atoms with Crippen LogP contribution < -0.4 is 10.6 Å². The number of hydrogen-bond donors (Lipinski definition) is 2. The molecule has 0 spiro atoms. The van der Waals surface area contributed by atoms with Crippen molar-refractivity contribution in [2.75, 3.05) is 5.32 Å². The molecule has 0 heterocycles. The van der Waals surface area contributed by atoms with Gasteiger partial charge in [0.1, 0.15) is 0 Å². The fourth-order valence-corrected chi connectivity index (χ4v) is 2.79. The number of nitrogens with one attached hydrogen (secondary N) is 2. The van der Waals surface area contributed by atoms with Gasteiger partial charge in [0.15, 0.2) is 5.11 Å². The predicted molar refractivity (Wildman–Crippen MR) is 98.8 cm³/mol. The number of rotatable bonds is 2. The number of carbonyl (C=O) groups excluding carboxylic acids is 1.